The Morgan fingerprint density at radius 3 is 2.50 bits per heavy atom. The van der Waals surface area contributed by atoms with Gasteiger partial charge in [0.2, 0.25) is 15.9 Å². The molecule has 24 heavy (non-hydrogen) atoms. The van der Waals surface area contributed by atoms with Gasteiger partial charge in [-0.15, -0.1) is 11.3 Å². The van der Waals surface area contributed by atoms with Crippen LogP contribution in [0.15, 0.2) is 39.6 Å². The van der Waals surface area contributed by atoms with Crippen LogP contribution in [-0.4, -0.2) is 32.1 Å². The summed E-state index contributed by atoms with van der Waals surface area (Å²) in [4.78, 5) is 16.2. The van der Waals surface area contributed by atoms with Crippen molar-refractivity contribution in [3.8, 4) is 0 Å². The van der Waals surface area contributed by atoms with Crippen molar-refractivity contribution in [1.82, 2.24) is 15.1 Å². The fraction of sp³-hybridized carbons (Fsp3) is 0.267. The van der Waals surface area contributed by atoms with Gasteiger partial charge in [-0.1, -0.05) is 12.1 Å². The van der Waals surface area contributed by atoms with Crippen LogP contribution in [0.5, 0.6) is 0 Å². The van der Waals surface area contributed by atoms with Crippen molar-refractivity contribution in [3.63, 3.8) is 0 Å². The molecule has 0 aliphatic heterocycles. The molecule has 0 saturated carbocycles. The smallest absolute Gasteiger partial charge is 0.246 e. The van der Waals surface area contributed by atoms with E-state index >= 15 is 0 Å². The number of nitrogens with one attached hydrogen (secondary N) is 2. The fourth-order valence-corrected chi connectivity index (χ4v) is 3.24. The Hall–Kier alpha value is -2.10. The van der Waals surface area contributed by atoms with Crippen molar-refractivity contribution < 1.29 is 13.2 Å². The van der Waals surface area contributed by atoms with Gasteiger partial charge in [-0.25, -0.2) is 23.5 Å². The van der Waals surface area contributed by atoms with E-state index in [1.54, 1.807) is 19.1 Å². The molecule has 0 saturated heterocycles. The number of carbonyl (C=O) groups excluding carboxylic acids is 1. The lowest BCUT2D eigenvalue weighted by Gasteiger charge is -2.05. The van der Waals surface area contributed by atoms with Crippen molar-refractivity contribution >= 4 is 33.0 Å². The standard InChI is InChI=1S/C15H18N4O3S2/c1-10(12-4-6-14(7-5-12)24(21,22)16-3)18-19-15(20)8-13-9-23-11(2)17-13/h4-7,9,16H,8H2,1-3H3,(H,19,20)/b18-10-. The van der Waals surface area contributed by atoms with Gasteiger partial charge in [0.25, 0.3) is 0 Å². The second-order valence-corrected chi connectivity index (χ2v) is 7.95. The SMILES string of the molecule is CNS(=O)(=O)c1ccc(/C(C)=N\NC(=O)Cc2csc(C)n2)cc1. The molecule has 1 aromatic carbocycles. The number of aryl methyl sites for hydroxylation is 1. The number of benzene rings is 1. The second kappa shape index (κ2) is 7.65. The van der Waals surface area contributed by atoms with Crippen LogP contribution in [0.2, 0.25) is 0 Å². The fourth-order valence-electron chi connectivity index (χ4n) is 1.90. The van der Waals surface area contributed by atoms with Gasteiger partial charge >= 0.3 is 0 Å². The molecule has 1 heterocycles. The summed E-state index contributed by atoms with van der Waals surface area (Å²) in [5, 5.41) is 6.79. The predicted octanol–water partition coefficient (Wildman–Crippen LogP) is 1.44. The Morgan fingerprint density at radius 2 is 1.96 bits per heavy atom. The average Bonchev–Trinajstić information content (AvgIpc) is 2.97. The third-order valence-corrected chi connectivity index (χ3v) is 5.46. The topological polar surface area (TPSA) is 101 Å². The first-order valence-electron chi connectivity index (χ1n) is 7.10. The number of hydrogen-bond acceptors (Lipinski definition) is 6. The highest BCUT2D eigenvalue weighted by Crippen LogP contribution is 2.11. The van der Waals surface area contributed by atoms with Crippen molar-refractivity contribution in [2.45, 2.75) is 25.2 Å². The van der Waals surface area contributed by atoms with Crippen LogP contribution < -0.4 is 10.1 Å². The lowest BCUT2D eigenvalue weighted by atomic mass is 10.1. The van der Waals surface area contributed by atoms with Gasteiger partial charge in [-0.05, 0) is 38.6 Å². The monoisotopic (exact) mass is 366 g/mol. The Balaban J connectivity index is 2.01. The van der Waals surface area contributed by atoms with E-state index in [4.69, 9.17) is 0 Å². The molecule has 2 N–H and O–H groups in total. The number of amides is 1. The highest BCUT2D eigenvalue weighted by atomic mass is 32.2. The van der Waals surface area contributed by atoms with Crippen molar-refractivity contribution in [3.05, 3.63) is 45.9 Å². The van der Waals surface area contributed by atoms with E-state index in [2.05, 4.69) is 20.2 Å². The van der Waals surface area contributed by atoms with Crippen LogP contribution in [0.3, 0.4) is 0 Å². The molecule has 0 radical (unpaired) electrons. The van der Waals surface area contributed by atoms with Crippen LogP contribution in [0, 0.1) is 6.92 Å². The average molecular weight is 366 g/mol. The van der Waals surface area contributed by atoms with E-state index in [9.17, 15) is 13.2 Å². The lowest BCUT2D eigenvalue weighted by molar-refractivity contribution is -0.120. The summed E-state index contributed by atoms with van der Waals surface area (Å²) in [5.41, 5.74) is 4.48. The van der Waals surface area contributed by atoms with E-state index in [1.165, 1.54) is 30.5 Å². The van der Waals surface area contributed by atoms with Gasteiger partial charge in [-0.2, -0.15) is 5.10 Å². The van der Waals surface area contributed by atoms with E-state index in [-0.39, 0.29) is 17.2 Å². The molecule has 128 valence electrons. The molecular weight excluding hydrogens is 348 g/mol. The predicted molar refractivity (Wildman–Crippen MR) is 93.6 cm³/mol. The van der Waals surface area contributed by atoms with Crippen LogP contribution in [0.25, 0.3) is 0 Å². The summed E-state index contributed by atoms with van der Waals surface area (Å²) in [6.07, 6.45) is 0.167. The Kier molecular flexibility index (Phi) is 5.81. The summed E-state index contributed by atoms with van der Waals surface area (Å²) in [6, 6.07) is 6.25. The molecule has 9 heteroatoms. The van der Waals surface area contributed by atoms with Gasteiger partial charge in [0.15, 0.2) is 0 Å². The minimum atomic E-state index is -3.46. The van der Waals surface area contributed by atoms with Gasteiger partial charge in [0.1, 0.15) is 0 Å². The number of nitrogens with zero attached hydrogens (tertiary/aromatic N) is 2. The summed E-state index contributed by atoms with van der Waals surface area (Å²) >= 11 is 1.49. The van der Waals surface area contributed by atoms with E-state index in [0.717, 1.165) is 10.6 Å². The third-order valence-electron chi connectivity index (χ3n) is 3.21. The largest absolute Gasteiger partial charge is 0.273 e. The zero-order valence-electron chi connectivity index (χ0n) is 13.5. The second-order valence-electron chi connectivity index (χ2n) is 5.00. The Labute approximate surface area is 144 Å². The summed E-state index contributed by atoms with van der Waals surface area (Å²) < 4.78 is 25.6. The molecule has 1 amide bonds. The molecule has 0 unspecified atom stereocenters. The quantitative estimate of drug-likeness (QED) is 0.597. The number of thiazole rings is 1. The molecule has 0 aliphatic rings. The molecule has 0 atom stereocenters. The Bertz CT molecular complexity index is 855. The third kappa shape index (κ3) is 4.70. The Morgan fingerprint density at radius 1 is 1.29 bits per heavy atom. The summed E-state index contributed by atoms with van der Waals surface area (Å²) in [6.45, 7) is 3.61. The van der Waals surface area contributed by atoms with Crippen molar-refractivity contribution in [1.29, 1.82) is 0 Å². The summed E-state index contributed by atoms with van der Waals surface area (Å²) in [7, 11) is -2.11. The molecule has 7 nitrogen and oxygen atoms in total. The molecule has 0 aliphatic carbocycles. The van der Waals surface area contributed by atoms with Gasteiger partial charge in [0.05, 0.1) is 27.7 Å². The number of hydrazone groups is 1. The highest BCUT2D eigenvalue weighted by molar-refractivity contribution is 7.89. The molecule has 0 bridgehead atoms. The molecule has 0 spiro atoms. The van der Waals surface area contributed by atoms with Gasteiger partial charge in [0, 0.05) is 5.38 Å². The highest BCUT2D eigenvalue weighted by Gasteiger charge is 2.11. The van der Waals surface area contributed by atoms with Crippen molar-refractivity contribution in [2.24, 2.45) is 5.10 Å². The van der Waals surface area contributed by atoms with E-state index < -0.39 is 10.0 Å². The normalized spacial score (nSPS) is 12.2. The van der Waals surface area contributed by atoms with Crippen LogP contribution in [-0.2, 0) is 21.2 Å². The number of aromatic nitrogens is 1. The van der Waals surface area contributed by atoms with E-state index in [1.807, 2.05) is 12.3 Å². The molecule has 0 fully saturated rings. The van der Waals surface area contributed by atoms with Crippen LogP contribution in [0.1, 0.15) is 23.2 Å². The first kappa shape index (κ1) is 18.2. The maximum absolute atomic E-state index is 11.8. The number of rotatable bonds is 6. The molecular formula is C15H18N4O3S2. The van der Waals surface area contributed by atoms with Crippen LogP contribution >= 0.6 is 11.3 Å². The number of sulfonamides is 1. The number of hydrogen-bond donors (Lipinski definition) is 2. The molecule has 1 aromatic heterocycles. The molecule has 2 aromatic rings. The maximum Gasteiger partial charge on any atom is 0.246 e. The zero-order valence-corrected chi connectivity index (χ0v) is 15.2. The molecule has 2 rings (SSSR count). The van der Waals surface area contributed by atoms with Gasteiger partial charge < -0.3 is 0 Å². The zero-order chi connectivity index (χ0) is 17.7. The summed E-state index contributed by atoms with van der Waals surface area (Å²) in [5.74, 6) is -0.256. The van der Waals surface area contributed by atoms with E-state index in [0.29, 0.717) is 11.4 Å². The first-order chi connectivity index (χ1) is 11.3. The maximum atomic E-state index is 11.8. The minimum Gasteiger partial charge on any atom is -0.273 e. The first-order valence-corrected chi connectivity index (χ1v) is 9.46. The van der Waals surface area contributed by atoms with Gasteiger partial charge in [-0.3, -0.25) is 4.79 Å². The van der Waals surface area contributed by atoms with Crippen LogP contribution in [0.4, 0.5) is 0 Å². The number of carbonyl (C=O) groups is 1. The minimum absolute atomic E-state index is 0.167. The lowest BCUT2D eigenvalue weighted by Crippen LogP contribution is -2.21. The van der Waals surface area contributed by atoms with Crippen molar-refractivity contribution in [2.75, 3.05) is 7.05 Å².